The zero-order valence-electron chi connectivity index (χ0n) is 17.6. The maximum atomic E-state index is 11.9. The van der Waals surface area contributed by atoms with Crippen molar-refractivity contribution in [3.05, 3.63) is 45.8 Å². The topological polar surface area (TPSA) is 116 Å². The second kappa shape index (κ2) is 10.3. The molecular formula is C21H20ClN3O6S. The van der Waals surface area contributed by atoms with Crippen LogP contribution >= 0.6 is 23.4 Å². The van der Waals surface area contributed by atoms with Crippen LogP contribution in [0.2, 0.25) is 5.02 Å². The van der Waals surface area contributed by atoms with E-state index in [1.807, 2.05) is 0 Å². The zero-order valence-corrected chi connectivity index (χ0v) is 19.2. The molecule has 168 valence electrons. The first kappa shape index (κ1) is 23.3. The Balaban J connectivity index is 1.97. The van der Waals surface area contributed by atoms with Gasteiger partial charge >= 0.3 is 5.97 Å². The van der Waals surface area contributed by atoms with Gasteiger partial charge in [-0.3, -0.25) is 5.10 Å². The van der Waals surface area contributed by atoms with Crippen molar-refractivity contribution in [3.63, 3.8) is 0 Å². The number of aliphatic carboxylic acids is 1. The van der Waals surface area contributed by atoms with Crippen LogP contribution in [-0.4, -0.2) is 54.7 Å². The van der Waals surface area contributed by atoms with Crippen molar-refractivity contribution in [3.8, 4) is 34.4 Å². The molecule has 0 aliphatic rings. The SMILES string of the molecule is COc1ccc(Cl)cc1-c1nc(S/C(=C\c2ccc(OC)c(OC)c2OC)C(=O)O)n[nH]1. The van der Waals surface area contributed by atoms with Gasteiger partial charge in [-0.2, -0.15) is 0 Å². The monoisotopic (exact) mass is 477 g/mol. The number of benzene rings is 2. The van der Waals surface area contributed by atoms with E-state index in [2.05, 4.69) is 15.2 Å². The molecule has 2 N–H and O–H groups in total. The number of halogens is 1. The number of methoxy groups -OCH3 is 4. The molecule has 11 heteroatoms. The number of H-pyrrole nitrogens is 1. The molecule has 32 heavy (non-hydrogen) atoms. The summed E-state index contributed by atoms with van der Waals surface area (Å²) in [5.41, 5.74) is 1.09. The summed E-state index contributed by atoms with van der Waals surface area (Å²) in [6, 6.07) is 8.41. The summed E-state index contributed by atoms with van der Waals surface area (Å²) in [6.07, 6.45) is 1.45. The van der Waals surface area contributed by atoms with E-state index in [9.17, 15) is 9.90 Å². The lowest BCUT2D eigenvalue weighted by molar-refractivity contribution is -0.131. The van der Waals surface area contributed by atoms with Crippen molar-refractivity contribution in [2.45, 2.75) is 5.16 Å². The summed E-state index contributed by atoms with van der Waals surface area (Å²) in [5, 5.41) is 17.3. The Morgan fingerprint density at radius 1 is 1.03 bits per heavy atom. The van der Waals surface area contributed by atoms with Crippen molar-refractivity contribution < 1.29 is 28.8 Å². The molecule has 3 rings (SSSR count). The summed E-state index contributed by atoms with van der Waals surface area (Å²) in [6.45, 7) is 0. The minimum absolute atomic E-state index is 0.0286. The van der Waals surface area contributed by atoms with Crippen LogP contribution in [0.15, 0.2) is 40.4 Å². The van der Waals surface area contributed by atoms with Crippen molar-refractivity contribution in [1.29, 1.82) is 0 Å². The molecule has 0 unspecified atom stereocenters. The summed E-state index contributed by atoms with van der Waals surface area (Å²) in [5.74, 6) is 0.933. The number of carboxylic acids is 1. The second-order valence-corrected chi connectivity index (χ2v) is 7.60. The molecule has 0 aliphatic carbocycles. The molecule has 0 saturated carbocycles. The lowest BCUT2D eigenvalue weighted by Crippen LogP contribution is -2.00. The van der Waals surface area contributed by atoms with Crippen LogP contribution < -0.4 is 18.9 Å². The zero-order chi connectivity index (χ0) is 23.3. The van der Waals surface area contributed by atoms with Gasteiger partial charge in [-0.1, -0.05) is 11.6 Å². The molecule has 0 amide bonds. The summed E-state index contributed by atoms with van der Waals surface area (Å²) < 4.78 is 21.4. The van der Waals surface area contributed by atoms with E-state index in [1.54, 1.807) is 30.3 Å². The fourth-order valence-corrected chi connectivity index (χ4v) is 3.76. The lowest BCUT2D eigenvalue weighted by atomic mass is 10.1. The van der Waals surface area contributed by atoms with E-state index in [0.717, 1.165) is 11.8 Å². The first-order chi connectivity index (χ1) is 15.4. The Morgan fingerprint density at radius 2 is 1.72 bits per heavy atom. The lowest BCUT2D eigenvalue weighted by Gasteiger charge is -2.14. The summed E-state index contributed by atoms with van der Waals surface area (Å²) in [4.78, 5) is 16.3. The summed E-state index contributed by atoms with van der Waals surface area (Å²) in [7, 11) is 5.96. The Morgan fingerprint density at radius 3 is 2.34 bits per heavy atom. The standard InChI is InChI=1S/C21H20ClN3O6S/c1-28-14-8-6-12(22)10-13(14)19-23-21(25-24-19)32-16(20(26)27)9-11-5-7-15(29-2)18(31-4)17(11)30-3/h5-10H,1-4H3,(H,26,27)(H,23,24,25)/b16-9-. The van der Waals surface area contributed by atoms with Gasteiger partial charge in [0.05, 0.1) is 34.0 Å². The van der Waals surface area contributed by atoms with Crippen molar-refractivity contribution in [2.75, 3.05) is 28.4 Å². The van der Waals surface area contributed by atoms with E-state index in [4.69, 9.17) is 30.5 Å². The van der Waals surface area contributed by atoms with Gasteiger partial charge in [-0.25, -0.2) is 9.78 Å². The minimum Gasteiger partial charge on any atom is -0.496 e. The fourth-order valence-electron chi connectivity index (χ4n) is 2.89. The van der Waals surface area contributed by atoms with Crippen LogP contribution in [0.5, 0.6) is 23.0 Å². The first-order valence-electron chi connectivity index (χ1n) is 9.09. The molecule has 0 bridgehead atoms. The van der Waals surface area contributed by atoms with Gasteiger partial charge in [0.1, 0.15) is 10.7 Å². The molecular weight excluding hydrogens is 458 g/mol. The molecule has 0 fully saturated rings. The highest BCUT2D eigenvalue weighted by molar-refractivity contribution is 8.04. The minimum atomic E-state index is -1.15. The maximum absolute atomic E-state index is 11.9. The number of hydrogen-bond donors (Lipinski definition) is 2. The number of carbonyl (C=O) groups is 1. The molecule has 1 aromatic heterocycles. The third kappa shape index (κ3) is 4.92. The van der Waals surface area contributed by atoms with Gasteiger partial charge in [0, 0.05) is 10.6 Å². The van der Waals surface area contributed by atoms with Crippen LogP contribution in [0, 0.1) is 0 Å². The number of aromatic amines is 1. The number of rotatable bonds is 9. The van der Waals surface area contributed by atoms with Crippen LogP contribution in [0.4, 0.5) is 0 Å². The molecule has 0 radical (unpaired) electrons. The second-order valence-electron chi connectivity index (χ2n) is 6.15. The Labute approximate surface area is 193 Å². The largest absolute Gasteiger partial charge is 0.496 e. The van der Waals surface area contributed by atoms with Crippen LogP contribution in [-0.2, 0) is 4.79 Å². The van der Waals surface area contributed by atoms with Crippen LogP contribution in [0.1, 0.15) is 5.56 Å². The fraction of sp³-hybridized carbons (Fsp3) is 0.190. The molecule has 9 nitrogen and oxygen atoms in total. The van der Waals surface area contributed by atoms with E-state index in [1.165, 1.54) is 34.5 Å². The van der Waals surface area contributed by atoms with Crippen molar-refractivity contribution in [2.24, 2.45) is 0 Å². The van der Waals surface area contributed by atoms with E-state index in [-0.39, 0.29) is 10.1 Å². The highest BCUT2D eigenvalue weighted by atomic mass is 35.5. The number of carboxylic acid groups (broad SMARTS) is 1. The Hall–Kier alpha value is -3.37. The van der Waals surface area contributed by atoms with Gasteiger partial charge in [0.15, 0.2) is 17.3 Å². The quantitative estimate of drug-likeness (QED) is 0.342. The molecule has 3 aromatic rings. The third-order valence-corrected chi connectivity index (χ3v) is 5.43. The average Bonchev–Trinajstić information content (AvgIpc) is 3.26. The third-order valence-electron chi connectivity index (χ3n) is 4.31. The molecule has 0 atom stereocenters. The first-order valence-corrected chi connectivity index (χ1v) is 10.3. The predicted molar refractivity (Wildman–Crippen MR) is 121 cm³/mol. The van der Waals surface area contributed by atoms with Crippen LogP contribution in [0.25, 0.3) is 17.5 Å². The highest BCUT2D eigenvalue weighted by Crippen LogP contribution is 2.41. The van der Waals surface area contributed by atoms with Crippen molar-refractivity contribution >= 4 is 35.4 Å². The van der Waals surface area contributed by atoms with Gasteiger partial charge in [0.2, 0.25) is 10.9 Å². The van der Waals surface area contributed by atoms with E-state index in [0.29, 0.717) is 45.0 Å². The highest BCUT2D eigenvalue weighted by Gasteiger charge is 2.19. The maximum Gasteiger partial charge on any atom is 0.342 e. The number of ether oxygens (including phenoxy) is 4. The number of aromatic nitrogens is 3. The summed E-state index contributed by atoms with van der Waals surface area (Å²) >= 11 is 6.95. The molecule has 0 saturated heterocycles. The van der Waals surface area contributed by atoms with Gasteiger partial charge < -0.3 is 24.1 Å². The van der Waals surface area contributed by atoms with E-state index < -0.39 is 5.97 Å². The van der Waals surface area contributed by atoms with Gasteiger partial charge in [-0.15, -0.1) is 5.10 Å². The Bertz CT molecular complexity index is 1160. The molecule has 2 aromatic carbocycles. The van der Waals surface area contributed by atoms with Gasteiger partial charge in [-0.05, 0) is 48.2 Å². The number of hydrogen-bond acceptors (Lipinski definition) is 8. The molecule has 0 aliphatic heterocycles. The number of thioether (sulfide) groups is 1. The number of nitrogens with one attached hydrogen (secondary N) is 1. The van der Waals surface area contributed by atoms with Crippen LogP contribution in [0.3, 0.4) is 0 Å². The predicted octanol–water partition coefficient (Wildman–Crippen LogP) is 4.38. The normalized spacial score (nSPS) is 11.2. The smallest absolute Gasteiger partial charge is 0.342 e. The van der Waals surface area contributed by atoms with Crippen molar-refractivity contribution in [1.82, 2.24) is 15.2 Å². The van der Waals surface area contributed by atoms with E-state index >= 15 is 0 Å². The molecule has 0 spiro atoms. The number of nitrogens with zero attached hydrogens (tertiary/aromatic N) is 2. The average molecular weight is 478 g/mol. The van der Waals surface area contributed by atoms with Gasteiger partial charge in [0.25, 0.3) is 0 Å². The molecule has 1 heterocycles. The Kier molecular flexibility index (Phi) is 7.49.